The van der Waals surface area contributed by atoms with E-state index in [-0.39, 0.29) is 18.4 Å². The van der Waals surface area contributed by atoms with Crippen LogP contribution in [0.3, 0.4) is 0 Å². The van der Waals surface area contributed by atoms with Crippen LogP contribution in [0, 0.1) is 5.92 Å². The van der Waals surface area contributed by atoms with Gasteiger partial charge in [-0.3, -0.25) is 9.59 Å². The molecule has 4 N–H and O–H groups in total. The van der Waals surface area contributed by atoms with Crippen molar-refractivity contribution >= 4 is 11.8 Å². The average molecular weight is 213 g/mol. The van der Waals surface area contributed by atoms with Crippen LogP contribution < -0.4 is 11.5 Å². The molecule has 0 radical (unpaired) electrons. The first-order chi connectivity index (χ1) is 6.91. The Kier molecular flexibility index (Phi) is 3.68. The summed E-state index contributed by atoms with van der Waals surface area (Å²) < 4.78 is 0. The van der Waals surface area contributed by atoms with Gasteiger partial charge in [-0.2, -0.15) is 0 Å². The molecule has 3 unspecified atom stereocenters. The molecule has 5 heteroatoms. The van der Waals surface area contributed by atoms with Crippen LogP contribution in [0.15, 0.2) is 0 Å². The summed E-state index contributed by atoms with van der Waals surface area (Å²) in [5.41, 5.74) is 10.6. The van der Waals surface area contributed by atoms with E-state index in [0.29, 0.717) is 5.92 Å². The summed E-state index contributed by atoms with van der Waals surface area (Å²) in [6.07, 6.45) is 0.922. The third-order valence-electron chi connectivity index (χ3n) is 2.81. The van der Waals surface area contributed by atoms with Crippen molar-refractivity contribution in [3.8, 4) is 0 Å². The Morgan fingerprint density at radius 1 is 1.47 bits per heavy atom. The third kappa shape index (κ3) is 2.92. The fourth-order valence-corrected chi connectivity index (χ4v) is 2.12. The lowest BCUT2D eigenvalue weighted by atomic mass is 10.1. The van der Waals surface area contributed by atoms with Crippen LogP contribution >= 0.6 is 0 Å². The topological polar surface area (TPSA) is 89.4 Å². The van der Waals surface area contributed by atoms with Gasteiger partial charge in [0.1, 0.15) is 0 Å². The third-order valence-corrected chi connectivity index (χ3v) is 2.81. The molecule has 0 aromatic heterocycles. The zero-order valence-corrected chi connectivity index (χ0v) is 9.27. The average Bonchev–Trinajstić information content (AvgIpc) is 2.42. The zero-order chi connectivity index (χ0) is 11.6. The molecule has 1 aliphatic rings. The van der Waals surface area contributed by atoms with Crippen LogP contribution in [0.2, 0.25) is 0 Å². The SMILES string of the molecule is CC1CC(C)N(C(=O)C(N)CC(N)=O)C1. The highest BCUT2D eigenvalue weighted by atomic mass is 16.2. The van der Waals surface area contributed by atoms with Crippen molar-refractivity contribution in [2.45, 2.75) is 38.8 Å². The summed E-state index contributed by atoms with van der Waals surface area (Å²) in [5.74, 6) is -0.189. The normalized spacial score (nSPS) is 27.8. The second-order valence-electron chi connectivity index (χ2n) is 4.46. The van der Waals surface area contributed by atoms with E-state index in [9.17, 15) is 9.59 Å². The van der Waals surface area contributed by atoms with E-state index in [1.54, 1.807) is 4.90 Å². The molecule has 0 aromatic carbocycles. The molecule has 0 saturated carbocycles. The highest BCUT2D eigenvalue weighted by Crippen LogP contribution is 2.22. The molecular weight excluding hydrogens is 194 g/mol. The van der Waals surface area contributed by atoms with Crippen LogP contribution in [0.5, 0.6) is 0 Å². The smallest absolute Gasteiger partial charge is 0.240 e. The second-order valence-corrected chi connectivity index (χ2v) is 4.46. The number of carbonyl (C=O) groups is 2. The van der Waals surface area contributed by atoms with E-state index in [4.69, 9.17) is 11.5 Å². The minimum atomic E-state index is -0.782. The van der Waals surface area contributed by atoms with Gasteiger partial charge in [0.2, 0.25) is 11.8 Å². The van der Waals surface area contributed by atoms with Crippen LogP contribution in [0.25, 0.3) is 0 Å². The van der Waals surface area contributed by atoms with E-state index < -0.39 is 11.9 Å². The molecule has 1 fully saturated rings. The molecule has 1 aliphatic heterocycles. The molecule has 15 heavy (non-hydrogen) atoms. The second kappa shape index (κ2) is 4.61. The van der Waals surface area contributed by atoms with Crippen molar-refractivity contribution < 1.29 is 9.59 Å². The summed E-state index contributed by atoms with van der Waals surface area (Å²) in [6.45, 7) is 4.83. The van der Waals surface area contributed by atoms with Crippen LogP contribution in [-0.4, -0.2) is 35.3 Å². The predicted molar refractivity (Wildman–Crippen MR) is 56.7 cm³/mol. The number of nitrogens with two attached hydrogens (primary N) is 2. The molecule has 1 saturated heterocycles. The van der Waals surface area contributed by atoms with Gasteiger partial charge >= 0.3 is 0 Å². The first kappa shape index (κ1) is 12.0. The fourth-order valence-electron chi connectivity index (χ4n) is 2.12. The van der Waals surface area contributed by atoms with Gasteiger partial charge in [-0.25, -0.2) is 0 Å². The molecular formula is C10H19N3O2. The monoisotopic (exact) mass is 213 g/mol. The highest BCUT2D eigenvalue weighted by Gasteiger charge is 2.32. The number of carbonyl (C=O) groups excluding carboxylic acids is 2. The number of rotatable bonds is 3. The molecule has 1 rings (SSSR count). The van der Waals surface area contributed by atoms with Crippen molar-refractivity contribution in [3.63, 3.8) is 0 Å². The Bertz CT molecular complexity index is 267. The van der Waals surface area contributed by atoms with Gasteiger partial charge in [0, 0.05) is 12.6 Å². The lowest BCUT2D eigenvalue weighted by Gasteiger charge is -2.24. The quantitative estimate of drug-likeness (QED) is 0.659. The maximum atomic E-state index is 11.8. The van der Waals surface area contributed by atoms with Crippen LogP contribution in [-0.2, 0) is 9.59 Å². The molecule has 1 heterocycles. The summed E-state index contributed by atoms with van der Waals surface area (Å²) in [7, 11) is 0. The molecule has 86 valence electrons. The maximum Gasteiger partial charge on any atom is 0.240 e. The largest absolute Gasteiger partial charge is 0.370 e. The number of likely N-dealkylation sites (tertiary alicyclic amines) is 1. The lowest BCUT2D eigenvalue weighted by molar-refractivity contribution is -0.135. The number of primary amides is 1. The first-order valence-electron chi connectivity index (χ1n) is 5.26. The van der Waals surface area contributed by atoms with E-state index in [1.807, 2.05) is 6.92 Å². The van der Waals surface area contributed by atoms with E-state index in [1.165, 1.54) is 0 Å². The molecule has 3 atom stereocenters. The number of nitrogens with zero attached hydrogens (tertiary/aromatic N) is 1. The number of hydrogen-bond donors (Lipinski definition) is 2. The molecule has 0 aliphatic carbocycles. The molecule has 0 spiro atoms. The number of hydrogen-bond acceptors (Lipinski definition) is 3. The summed E-state index contributed by atoms with van der Waals surface area (Å²) in [5, 5.41) is 0. The van der Waals surface area contributed by atoms with Crippen molar-refractivity contribution in [1.29, 1.82) is 0 Å². The maximum absolute atomic E-state index is 11.8. The van der Waals surface area contributed by atoms with Crippen molar-refractivity contribution in [1.82, 2.24) is 4.90 Å². The minimum absolute atomic E-state index is 0.0730. The Morgan fingerprint density at radius 3 is 2.47 bits per heavy atom. The Labute approximate surface area is 89.8 Å². The van der Waals surface area contributed by atoms with E-state index >= 15 is 0 Å². The molecule has 0 aromatic rings. The zero-order valence-electron chi connectivity index (χ0n) is 9.27. The van der Waals surface area contributed by atoms with Crippen molar-refractivity contribution in [2.24, 2.45) is 17.4 Å². The first-order valence-corrected chi connectivity index (χ1v) is 5.26. The van der Waals surface area contributed by atoms with E-state index in [0.717, 1.165) is 13.0 Å². The van der Waals surface area contributed by atoms with Gasteiger partial charge in [0.25, 0.3) is 0 Å². The Hall–Kier alpha value is -1.10. The van der Waals surface area contributed by atoms with Gasteiger partial charge < -0.3 is 16.4 Å². The standard InChI is InChI=1S/C10H19N3O2/c1-6-3-7(2)13(5-6)10(15)8(11)4-9(12)14/h6-8H,3-5,11H2,1-2H3,(H2,12,14). The molecule has 5 nitrogen and oxygen atoms in total. The minimum Gasteiger partial charge on any atom is -0.370 e. The fraction of sp³-hybridized carbons (Fsp3) is 0.800. The van der Waals surface area contributed by atoms with Crippen molar-refractivity contribution in [3.05, 3.63) is 0 Å². The number of amides is 2. The lowest BCUT2D eigenvalue weighted by Crippen LogP contribution is -2.46. The van der Waals surface area contributed by atoms with Crippen LogP contribution in [0.4, 0.5) is 0 Å². The van der Waals surface area contributed by atoms with Gasteiger partial charge in [-0.1, -0.05) is 6.92 Å². The highest BCUT2D eigenvalue weighted by molar-refractivity contribution is 5.87. The predicted octanol–water partition coefficient (Wildman–Crippen LogP) is -0.554. The summed E-state index contributed by atoms with van der Waals surface area (Å²) in [4.78, 5) is 24.2. The Balaban J connectivity index is 2.56. The molecule has 2 amide bonds. The van der Waals surface area contributed by atoms with Crippen molar-refractivity contribution in [2.75, 3.05) is 6.54 Å². The summed E-state index contributed by atoms with van der Waals surface area (Å²) in [6, 6.07) is -0.568. The van der Waals surface area contributed by atoms with Gasteiger partial charge in [-0.15, -0.1) is 0 Å². The van der Waals surface area contributed by atoms with Gasteiger partial charge in [-0.05, 0) is 19.3 Å². The van der Waals surface area contributed by atoms with Gasteiger partial charge in [0.15, 0.2) is 0 Å². The van der Waals surface area contributed by atoms with Gasteiger partial charge in [0.05, 0.1) is 12.5 Å². The summed E-state index contributed by atoms with van der Waals surface area (Å²) >= 11 is 0. The Morgan fingerprint density at radius 2 is 2.07 bits per heavy atom. The molecule has 0 bridgehead atoms. The van der Waals surface area contributed by atoms with E-state index in [2.05, 4.69) is 6.92 Å². The van der Waals surface area contributed by atoms with Crippen LogP contribution in [0.1, 0.15) is 26.7 Å².